The van der Waals surface area contributed by atoms with Crippen LogP contribution in [0, 0.1) is 0 Å². The maximum atomic E-state index is 11.7. The number of nitrogens with one attached hydrogen (secondary N) is 2. The normalized spacial score (nSPS) is 10.5. The van der Waals surface area contributed by atoms with Gasteiger partial charge in [-0.15, -0.1) is 0 Å². The lowest BCUT2D eigenvalue weighted by atomic mass is 10.2. The summed E-state index contributed by atoms with van der Waals surface area (Å²) in [6.45, 7) is 0. The number of anilines is 2. The van der Waals surface area contributed by atoms with Crippen molar-refractivity contribution in [2.45, 2.75) is 0 Å². The average molecular weight is 336 g/mol. The number of nitrogens with zero attached hydrogens (tertiary/aromatic N) is 3. The molecule has 128 valence electrons. The predicted octanol–water partition coefficient (Wildman–Crippen LogP) is 0.833. The highest BCUT2D eigenvalue weighted by molar-refractivity contribution is 5.92. The maximum Gasteiger partial charge on any atom is 0.340 e. The van der Waals surface area contributed by atoms with Gasteiger partial charge in [0.1, 0.15) is 5.75 Å². The van der Waals surface area contributed by atoms with Crippen molar-refractivity contribution in [3.05, 3.63) is 17.7 Å². The molecule has 24 heavy (non-hydrogen) atoms. The van der Waals surface area contributed by atoms with Crippen LogP contribution >= 0.6 is 0 Å². The molecule has 0 bridgehead atoms. The molecule has 1 aromatic carbocycles. The molecule has 1 aromatic heterocycles. The molecule has 2 aromatic rings. The molecule has 4 N–H and O–H groups in total. The minimum absolute atomic E-state index is 0.00797. The molecule has 0 aliphatic rings. The van der Waals surface area contributed by atoms with Crippen molar-refractivity contribution in [3.8, 4) is 17.2 Å². The summed E-state index contributed by atoms with van der Waals surface area (Å²) in [4.78, 5) is 11.7. The Morgan fingerprint density at radius 1 is 1.17 bits per heavy atom. The summed E-state index contributed by atoms with van der Waals surface area (Å²) in [5, 5.41) is 12.9. The largest absolute Gasteiger partial charge is 0.496 e. The average Bonchev–Trinajstić information content (AvgIpc) is 2.99. The number of ether oxygens (including phenoxy) is 3. The molecule has 0 fully saturated rings. The van der Waals surface area contributed by atoms with Crippen LogP contribution in [0.15, 0.2) is 21.9 Å². The quantitative estimate of drug-likeness (QED) is 0.519. The van der Waals surface area contributed by atoms with Gasteiger partial charge in [-0.25, -0.2) is 14.8 Å². The van der Waals surface area contributed by atoms with Gasteiger partial charge in [0.2, 0.25) is 11.6 Å². The minimum atomic E-state index is -0.673. The second-order valence-corrected chi connectivity index (χ2v) is 4.27. The van der Waals surface area contributed by atoms with E-state index in [1.54, 1.807) is 12.1 Å². The Balaban J connectivity index is 2.08. The van der Waals surface area contributed by atoms with Crippen LogP contribution in [0.4, 0.5) is 16.4 Å². The molecule has 11 heteroatoms. The summed E-state index contributed by atoms with van der Waals surface area (Å²) in [7, 11) is 4.52. The number of hydrazone groups is 1. The van der Waals surface area contributed by atoms with Gasteiger partial charge >= 0.3 is 6.03 Å². The number of rotatable bonds is 6. The summed E-state index contributed by atoms with van der Waals surface area (Å²) >= 11 is 0. The molecule has 2 amide bonds. The molecule has 11 nitrogen and oxygen atoms in total. The van der Waals surface area contributed by atoms with Crippen molar-refractivity contribution in [2.24, 2.45) is 5.10 Å². The highest BCUT2D eigenvalue weighted by atomic mass is 16.6. The zero-order chi connectivity index (χ0) is 17.5. The van der Waals surface area contributed by atoms with Gasteiger partial charge in [-0.1, -0.05) is 0 Å². The third kappa shape index (κ3) is 3.82. The number of carbonyl (C=O) groups is 1. The van der Waals surface area contributed by atoms with E-state index in [-0.39, 0.29) is 11.6 Å². The van der Waals surface area contributed by atoms with Gasteiger partial charge in [0.25, 0.3) is 0 Å². The Bertz CT molecular complexity index is 744. The van der Waals surface area contributed by atoms with Crippen molar-refractivity contribution in [3.63, 3.8) is 0 Å². The molecule has 0 saturated carbocycles. The molecule has 0 aliphatic heterocycles. The van der Waals surface area contributed by atoms with Crippen molar-refractivity contribution in [1.29, 1.82) is 0 Å². The third-order valence-corrected chi connectivity index (χ3v) is 2.85. The van der Waals surface area contributed by atoms with E-state index in [1.807, 2.05) is 0 Å². The number of carbonyl (C=O) groups excluding carboxylic acids is 1. The predicted molar refractivity (Wildman–Crippen MR) is 84.6 cm³/mol. The highest BCUT2D eigenvalue weighted by Gasteiger charge is 2.11. The van der Waals surface area contributed by atoms with E-state index in [0.717, 1.165) is 0 Å². The van der Waals surface area contributed by atoms with Crippen LogP contribution in [-0.4, -0.2) is 43.9 Å². The highest BCUT2D eigenvalue weighted by Crippen LogP contribution is 2.33. The van der Waals surface area contributed by atoms with E-state index in [1.165, 1.54) is 27.5 Å². The number of urea groups is 1. The van der Waals surface area contributed by atoms with Crippen LogP contribution in [0.2, 0.25) is 0 Å². The summed E-state index contributed by atoms with van der Waals surface area (Å²) in [6.07, 6.45) is 1.38. The summed E-state index contributed by atoms with van der Waals surface area (Å²) in [5.41, 5.74) is 8.22. The lowest BCUT2D eigenvalue weighted by molar-refractivity contribution is 0.252. The number of nitrogen functional groups attached to an aromatic ring is 1. The number of aromatic nitrogens is 2. The molecule has 0 radical (unpaired) electrons. The number of nitrogens with two attached hydrogens (primary N) is 1. The van der Waals surface area contributed by atoms with E-state index < -0.39 is 6.03 Å². The van der Waals surface area contributed by atoms with E-state index in [9.17, 15) is 4.79 Å². The minimum Gasteiger partial charge on any atom is -0.496 e. The molecule has 0 saturated heterocycles. The second kappa shape index (κ2) is 7.67. The van der Waals surface area contributed by atoms with Crippen LogP contribution < -0.4 is 30.7 Å². The van der Waals surface area contributed by atoms with Crippen LogP contribution in [0.3, 0.4) is 0 Å². The van der Waals surface area contributed by atoms with Crippen molar-refractivity contribution in [2.75, 3.05) is 32.4 Å². The number of benzene rings is 1. The first-order valence-electron chi connectivity index (χ1n) is 6.57. The molecular weight excluding hydrogens is 320 g/mol. The number of hydrogen-bond donors (Lipinski definition) is 3. The molecule has 1 heterocycles. The molecule has 0 aliphatic carbocycles. The standard InChI is InChI=1S/C13H16N6O5/c1-21-8-5-10(23-3)9(22-2)4-7(8)6-15-17-13(20)16-12-11(14)18-24-19-12/h4-6H,1-3H3,(H2,14,18)(H2,16,17,19,20). The second-order valence-electron chi connectivity index (χ2n) is 4.27. The van der Waals surface area contributed by atoms with E-state index >= 15 is 0 Å². The maximum absolute atomic E-state index is 11.7. The van der Waals surface area contributed by atoms with Gasteiger partial charge in [0, 0.05) is 11.6 Å². The van der Waals surface area contributed by atoms with Crippen LogP contribution in [0.1, 0.15) is 5.56 Å². The summed E-state index contributed by atoms with van der Waals surface area (Å²) in [5.74, 6) is 1.43. The molecule has 2 rings (SSSR count). The zero-order valence-corrected chi connectivity index (χ0v) is 13.2. The molecule has 0 atom stereocenters. The van der Waals surface area contributed by atoms with Gasteiger partial charge in [0.15, 0.2) is 11.5 Å². The van der Waals surface area contributed by atoms with Gasteiger partial charge < -0.3 is 19.9 Å². The van der Waals surface area contributed by atoms with Crippen molar-refractivity contribution >= 4 is 23.9 Å². The first-order chi connectivity index (χ1) is 11.6. The Labute approximate surface area is 136 Å². The lowest BCUT2D eigenvalue weighted by Crippen LogP contribution is -2.24. The number of methoxy groups -OCH3 is 3. The first-order valence-corrected chi connectivity index (χ1v) is 6.57. The van der Waals surface area contributed by atoms with Crippen molar-refractivity contribution < 1.29 is 23.6 Å². The van der Waals surface area contributed by atoms with Gasteiger partial charge in [-0.05, 0) is 16.4 Å². The van der Waals surface area contributed by atoms with Crippen LogP contribution in [-0.2, 0) is 0 Å². The lowest BCUT2D eigenvalue weighted by Gasteiger charge is -2.11. The van der Waals surface area contributed by atoms with Gasteiger partial charge in [-0.2, -0.15) is 5.10 Å². The Hall–Kier alpha value is -3.50. The topological polar surface area (TPSA) is 146 Å². The fourth-order valence-electron chi connectivity index (χ4n) is 1.73. The summed E-state index contributed by atoms with van der Waals surface area (Å²) in [6, 6.07) is 2.62. The number of amides is 2. The fourth-order valence-corrected chi connectivity index (χ4v) is 1.73. The molecule has 0 unspecified atom stereocenters. The van der Waals surface area contributed by atoms with E-state index in [0.29, 0.717) is 22.8 Å². The van der Waals surface area contributed by atoms with Crippen LogP contribution in [0.25, 0.3) is 0 Å². The summed E-state index contributed by atoms with van der Waals surface area (Å²) < 4.78 is 20.0. The monoisotopic (exact) mass is 336 g/mol. The Kier molecular flexibility index (Phi) is 5.39. The van der Waals surface area contributed by atoms with Crippen molar-refractivity contribution in [1.82, 2.24) is 15.7 Å². The fraction of sp³-hybridized carbons (Fsp3) is 0.231. The third-order valence-electron chi connectivity index (χ3n) is 2.85. The van der Waals surface area contributed by atoms with E-state index in [2.05, 4.69) is 30.8 Å². The zero-order valence-electron chi connectivity index (χ0n) is 13.2. The number of hydrogen-bond acceptors (Lipinski definition) is 9. The van der Waals surface area contributed by atoms with E-state index in [4.69, 9.17) is 19.9 Å². The molecular formula is C13H16N6O5. The molecule has 0 spiro atoms. The van der Waals surface area contributed by atoms with Crippen LogP contribution in [0.5, 0.6) is 17.2 Å². The Morgan fingerprint density at radius 2 is 1.83 bits per heavy atom. The SMILES string of the molecule is COc1cc(OC)c(OC)cc1C=NNC(=O)Nc1nonc1N. The Morgan fingerprint density at radius 3 is 2.42 bits per heavy atom. The van der Waals surface area contributed by atoms with Gasteiger partial charge in [-0.3, -0.25) is 5.32 Å². The smallest absolute Gasteiger partial charge is 0.340 e. The first kappa shape index (κ1) is 16.9. The van der Waals surface area contributed by atoms with Gasteiger partial charge in [0.05, 0.1) is 27.5 Å².